The first kappa shape index (κ1) is 8.68. The van der Waals surface area contributed by atoms with Crippen LogP contribution >= 0.6 is 11.3 Å². The molecule has 0 spiro atoms. The summed E-state index contributed by atoms with van der Waals surface area (Å²) in [7, 11) is 1.29. The Bertz CT molecular complexity index is 351. The Labute approximate surface area is 73.4 Å². The number of thiophene rings is 1. The molecule has 1 aromatic heterocycles. The number of methoxy groups -OCH3 is 1. The van der Waals surface area contributed by atoms with Crippen molar-refractivity contribution in [2.45, 2.75) is 6.92 Å². The topological polar surface area (TPSA) is 54.5 Å². The molecule has 12 heavy (non-hydrogen) atoms. The van der Waals surface area contributed by atoms with Gasteiger partial charge in [0.2, 0.25) is 10.3 Å². The van der Waals surface area contributed by atoms with Crippen molar-refractivity contribution in [1.29, 1.82) is 5.39 Å². The minimum absolute atomic E-state index is 0.298. The van der Waals surface area contributed by atoms with Crippen LogP contribution in [-0.2, 0) is 4.74 Å². The van der Waals surface area contributed by atoms with Gasteiger partial charge in [-0.2, -0.15) is 0 Å². The van der Waals surface area contributed by atoms with E-state index in [2.05, 4.69) is 9.71 Å². The van der Waals surface area contributed by atoms with E-state index in [0.717, 1.165) is 5.56 Å². The quantitative estimate of drug-likeness (QED) is 0.496. The normalized spacial score (nSPS) is 9.08. The van der Waals surface area contributed by atoms with Crippen molar-refractivity contribution in [3.63, 3.8) is 0 Å². The van der Waals surface area contributed by atoms with Crippen LogP contribution in [0, 0.1) is 12.3 Å². The van der Waals surface area contributed by atoms with E-state index in [1.54, 1.807) is 12.3 Å². The summed E-state index contributed by atoms with van der Waals surface area (Å²) < 4.78 is 4.49. The Morgan fingerprint density at radius 3 is 2.92 bits per heavy atom. The van der Waals surface area contributed by atoms with Crippen molar-refractivity contribution in [3.05, 3.63) is 20.8 Å². The molecule has 0 aromatic carbocycles. The molecular formula is C7H7N2O2S+. The molecule has 0 amide bonds. The highest BCUT2D eigenvalue weighted by Crippen LogP contribution is 2.30. The van der Waals surface area contributed by atoms with Crippen molar-refractivity contribution in [2.24, 2.45) is 0 Å². The van der Waals surface area contributed by atoms with E-state index in [1.807, 2.05) is 0 Å². The minimum atomic E-state index is -0.471. The number of carbonyl (C=O) groups is 1. The third-order valence-corrected chi connectivity index (χ3v) is 2.48. The van der Waals surface area contributed by atoms with E-state index >= 15 is 0 Å². The lowest BCUT2D eigenvalue weighted by atomic mass is 10.3. The highest BCUT2D eigenvalue weighted by atomic mass is 32.1. The van der Waals surface area contributed by atoms with Crippen molar-refractivity contribution < 1.29 is 9.53 Å². The Morgan fingerprint density at radius 1 is 1.75 bits per heavy atom. The molecule has 0 radical (unpaired) electrons. The van der Waals surface area contributed by atoms with Gasteiger partial charge < -0.3 is 4.74 Å². The zero-order chi connectivity index (χ0) is 9.14. The Morgan fingerprint density at radius 2 is 2.42 bits per heavy atom. The van der Waals surface area contributed by atoms with Crippen molar-refractivity contribution >= 4 is 23.0 Å². The summed E-state index contributed by atoms with van der Waals surface area (Å²) in [5.41, 5.74) is 1.06. The fourth-order valence-corrected chi connectivity index (χ4v) is 1.70. The van der Waals surface area contributed by atoms with E-state index in [9.17, 15) is 4.79 Å². The fraction of sp³-hybridized carbons (Fsp3) is 0.286. The highest BCUT2D eigenvalue weighted by molar-refractivity contribution is 7.12. The second-order valence-corrected chi connectivity index (χ2v) is 3.07. The molecule has 0 saturated carbocycles. The van der Waals surface area contributed by atoms with Crippen LogP contribution < -0.4 is 0 Å². The van der Waals surface area contributed by atoms with Crippen LogP contribution in [-0.4, -0.2) is 13.1 Å². The maximum absolute atomic E-state index is 11.0. The molecule has 62 valence electrons. The Hall–Kier alpha value is -1.41. The molecule has 5 heteroatoms. The van der Waals surface area contributed by atoms with Crippen molar-refractivity contribution in [2.75, 3.05) is 7.11 Å². The second kappa shape index (κ2) is 3.32. The number of carbonyl (C=O) groups excluding carboxylic acids is 1. The molecule has 0 N–H and O–H groups in total. The molecular weight excluding hydrogens is 176 g/mol. The number of hydrogen-bond donors (Lipinski definition) is 0. The number of aryl methyl sites for hydroxylation is 1. The molecule has 4 nitrogen and oxygen atoms in total. The van der Waals surface area contributed by atoms with Crippen LogP contribution in [0.1, 0.15) is 15.2 Å². The fourth-order valence-electron chi connectivity index (χ4n) is 0.800. The van der Waals surface area contributed by atoms with E-state index in [-0.39, 0.29) is 0 Å². The summed E-state index contributed by atoms with van der Waals surface area (Å²) in [4.78, 5) is 14.4. The van der Waals surface area contributed by atoms with Crippen molar-refractivity contribution in [3.8, 4) is 0 Å². The van der Waals surface area contributed by atoms with Gasteiger partial charge in [0.25, 0.3) is 0 Å². The van der Waals surface area contributed by atoms with Crippen LogP contribution in [0.4, 0.5) is 5.69 Å². The first-order chi connectivity index (χ1) is 5.70. The number of hydrogen-bond acceptors (Lipinski definition) is 4. The third-order valence-electron chi connectivity index (χ3n) is 1.41. The minimum Gasteiger partial charge on any atom is -0.465 e. The van der Waals surface area contributed by atoms with Gasteiger partial charge in [0, 0.05) is 5.38 Å². The first-order valence-corrected chi connectivity index (χ1v) is 4.10. The summed E-state index contributed by atoms with van der Waals surface area (Å²) in [6.45, 7) is 1.76. The third kappa shape index (κ3) is 1.29. The van der Waals surface area contributed by atoms with Crippen LogP contribution in [0.2, 0.25) is 0 Å². The highest BCUT2D eigenvalue weighted by Gasteiger charge is 2.26. The number of esters is 1. The van der Waals surface area contributed by atoms with Gasteiger partial charge in [-0.1, -0.05) is 0 Å². The molecule has 0 fully saturated rings. The molecule has 0 atom stereocenters. The molecule has 1 rings (SSSR count). The zero-order valence-electron chi connectivity index (χ0n) is 6.70. The monoisotopic (exact) mass is 183 g/mol. The van der Waals surface area contributed by atoms with Crippen LogP contribution in [0.5, 0.6) is 0 Å². The smallest absolute Gasteiger partial charge is 0.413 e. The van der Waals surface area contributed by atoms with E-state index in [4.69, 9.17) is 5.39 Å². The summed E-state index contributed by atoms with van der Waals surface area (Å²) in [6, 6.07) is 0. The van der Waals surface area contributed by atoms with Crippen molar-refractivity contribution in [1.82, 2.24) is 0 Å². The summed E-state index contributed by atoms with van der Waals surface area (Å²) >= 11 is 1.21. The largest absolute Gasteiger partial charge is 0.465 e. The number of ether oxygens (including phenoxy) is 1. The molecule has 0 bridgehead atoms. The lowest BCUT2D eigenvalue weighted by Crippen LogP contribution is -1.97. The molecule has 0 unspecified atom stereocenters. The first-order valence-electron chi connectivity index (χ1n) is 3.22. The maximum Gasteiger partial charge on any atom is 0.413 e. The molecule has 0 saturated heterocycles. The van der Waals surface area contributed by atoms with E-state index in [0.29, 0.717) is 10.6 Å². The SMILES string of the molecule is COC(=O)c1scc(C)c1[N+]#N. The average molecular weight is 183 g/mol. The van der Waals surface area contributed by atoms with Gasteiger partial charge in [-0.25, -0.2) is 4.79 Å². The predicted molar refractivity (Wildman–Crippen MR) is 45.1 cm³/mol. The summed E-state index contributed by atoms with van der Waals surface area (Å²) in [5, 5.41) is 10.3. The van der Waals surface area contributed by atoms with Gasteiger partial charge in [-0.15, -0.1) is 11.3 Å². The molecule has 0 aliphatic heterocycles. The van der Waals surface area contributed by atoms with Gasteiger partial charge in [-0.3, -0.25) is 0 Å². The van der Waals surface area contributed by atoms with E-state index < -0.39 is 5.97 Å². The number of nitrogens with zero attached hydrogens (tertiary/aromatic N) is 2. The maximum atomic E-state index is 11.0. The Balaban J connectivity index is 3.18. The standard InChI is InChI=1S/C7H7N2O2S/c1-4-3-12-6(5(4)9-8)7(10)11-2/h3H,1-2H3/q+1. The zero-order valence-corrected chi connectivity index (χ0v) is 7.51. The molecule has 0 aliphatic carbocycles. The lowest BCUT2D eigenvalue weighted by molar-refractivity contribution is 0.0607. The average Bonchev–Trinajstić information content (AvgIpc) is 2.45. The molecule has 1 heterocycles. The predicted octanol–water partition coefficient (Wildman–Crippen LogP) is 2.33. The van der Waals surface area contributed by atoms with E-state index in [1.165, 1.54) is 18.4 Å². The summed E-state index contributed by atoms with van der Waals surface area (Å²) in [6.07, 6.45) is 0. The van der Waals surface area contributed by atoms with Crippen LogP contribution in [0.3, 0.4) is 0 Å². The Kier molecular flexibility index (Phi) is 2.41. The van der Waals surface area contributed by atoms with Gasteiger partial charge in [0.05, 0.1) is 12.7 Å². The van der Waals surface area contributed by atoms with Crippen LogP contribution in [0.15, 0.2) is 5.38 Å². The number of diazo groups is 1. The van der Waals surface area contributed by atoms with Gasteiger partial charge >= 0.3 is 11.7 Å². The van der Waals surface area contributed by atoms with Gasteiger partial charge in [0.1, 0.15) is 0 Å². The second-order valence-electron chi connectivity index (χ2n) is 2.19. The lowest BCUT2D eigenvalue weighted by Gasteiger charge is -1.88. The van der Waals surface area contributed by atoms with Gasteiger partial charge in [0.15, 0.2) is 4.98 Å². The molecule has 0 aliphatic rings. The summed E-state index contributed by atoms with van der Waals surface area (Å²) in [5.74, 6) is -0.471. The van der Waals surface area contributed by atoms with Gasteiger partial charge in [-0.05, 0) is 6.92 Å². The number of rotatable bonds is 1. The van der Waals surface area contributed by atoms with Crippen LogP contribution in [0.25, 0.3) is 4.98 Å². The molecule has 1 aromatic rings.